The van der Waals surface area contributed by atoms with E-state index in [1.807, 2.05) is 0 Å². The maximum atomic E-state index is 15.1. The lowest BCUT2D eigenvalue weighted by Crippen LogP contribution is -2.26. The Kier molecular flexibility index (Phi) is 5.80. The molecule has 5 rings (SSSR count). The summed E-state index contributed by atoms with van der Waals surface area (Å²) in [5.74, 6) is -1.60. The summed E-state index contributed by atoms with van der Waals surface area (Å²) in [5.41, 5.74) is 8.05. The summed E-state index contributed by atoms with van der Waals surface area (Å²) < 4.78 is 22.2. The fourth-order valence-electron chi connectivity index (χ4n) is 4.32. The molecule has 1 unspecified atom stereocenters. The molecule has 1 aliphatic heterocycles. The summed E-state index contributed by atoms with van der Waals surface area (Å²) in [4.78, 5) is 37.8. The second-order valence-electron chi connectivity index (χ2n) is 8.25. The van der Waals surface area contributed by atoms with Crippen LogP contribution >= 0.6 is 0 Å². The SMILES string of the molecule is C=CC(=O)N1CCC(c2nc(-c3ccc(Oc4cc(C(=O)O)ccn4)c(F)c3)n3c(N)nccc23)C1. The Hall–Kier alpha value is -4.80. The molecular formula is C25H21FN6O4. The maximum Gasteiger partial charge on any atom is 0.335 e. The van der Waals surface area contributed by atoms with Gasteiger partial charge >= 0.3 is 5.97 Å². The van der Waals surface area contributed by atoms with Crippen molar-refractivity contribution in [1.82, 2.24) is 24.3 Å². The van der Waals surface area contributed by atoms with E-state index in [0.717, 1.165) is 17.6 Å². The second-order valence-corrected chi connectivity index (χ2v) is 8.25. The van der Waals surface area contributed by atoms with Gasteiger partial charge in [-0.05, 0) is 42.8 Å². The highest BCUT2D eigenvalue weighted by molar-refractivity contribution is 5.88. The molecule has 0 aliphatic carbocycles. The molecule has 10 nitrogen and oxygen atoms in total. The molecule has 0 spiro atoms. The molecule has 1 atom stereocenters. The maximum absolute atomic E-state index is 15.1. The molecule has 182 valence electrons. The molecule has 0 bridgehead atoms. The van der Waals surface area contributed by atoms with Crippen LogP contribution in [0.2, 0.25) is 0 Å². The van der Waals surface area contributed by atoms with Crippen molar-refractivity contribution < 1.29 is 23.8 Å². The first-order chi connectivity index (χ1) is 17.4. The van der Waals surface area contributed by atoms with Crippen molar-refractivity contribution >= 4 is 23.3 Å². The molecule has 4 heterocycles. The van der Waals surface area contributed by atoms with E-state index in [1.54, 1.807) is 27.6 Å². The lowest BCUT2D eigenvalue weighted by atomic mass is 10.0. The lowest BCUT2D eigenvalue weighted by Gasteiger charge is -2.13. The molecule has 3 N–H and O–H groups in total. The number of halogens is 1. The van der Waals surface area contributed by atoms with Gasteiger partial charge in [0.15, 0.2) is 11.6 Å². The summed E-state index contributed by atoms with van der Waals surface area (Å²) in [5, 5.41) is 9.13. The van der Waals surface area contributed by atoms with Crippen molar-refractivity contribution in [2.75, 3.05) is 18.8 Å². The van der Waals surface area contributed by atoms with Crippen molar-refractivity contribution in [2.45, 2.75) is 12.3 Å². The first kappa shape index (κ1) is 23.0. The van der Waals surface area contributed by atoms with E-state index < -0.39 is 11.8 Å². The predicted octanol–water partition coefficient (Wildman–Crippen LogP) is 3.51. The standard InChI is InChI=1S/C25H21FN6O4/c1-2-21(33)31-10-7-16(13-31)22-18-6-9-29-25(27)32(18)23(30-22)14-3-4-19(17(26)11-14)36-20-12-15(24(34)35)5-8-28-20/h2-6,8-9,11-12,16H,1,7,10,13H2,(H2,27,29)(H,34,35). The molecule has 11 heteroatoms. The summed E-state index contributed by atoms with van der Waals surface area (Å²) in [6.45, 7) is 4.62. The number of amides is 1. The number of benzene rings is 1. The Labute approximate surface area is 204 Å². The molecule has 0 saturated carbocycles. The Bertz CT molecular complexity index is 1520. The number of carbonyl (C=O) groups excluding carboxylic acids is 1. The van der Waals surface area contributed by atoms with Crippen LogP contribution in [0.3, 0.4) is 0 Å². The fraction of sp³-hybridized carbons (Fsp3) is 0.160. The molecule has 1 aliphatic rings. The molecule has 3 aromatic heterocycles. The number of pyridine rings is 1. The Morgan fingerprint density at radius 1 is 1.19 bits per heavy atom. The van der Waals surface area contributed by atoms with Crippen molar-refractivity contribution in [3.05, 3.63) is 78.5 Å². The number of anilines is 1. The van der Waals surface area contributed by atoms with Crippen LogP contribution in [-0.2, 0) is 4.79 Å². The average Bonchev–Trinajstić information content (AvgIpc) is 3.51. The monoisotopic (exact) mass is 488 g/mol. The molecule has 1 fully saturated rings. The van der Waals surface area contributed by atoms with Gasteiger partial charge in [-0.15, -0.1) is 0 Å². The third-order valence-corrected chi connectivity index (χ3v) is 6.06. The van der Waals surface area contributed by atoms with E-state index in [2.05, 4.69) is 16.5 Å². The molecule has 1 amide bonds. The number of nitrogens with zero attached hydrogens (tertiary/aromatic N) is 5. The number of hydrogen-bond donors (Lipinski definition) is 2. The number of rotatable bonds is 6. The van der Waals surface area contributed by atoms with Gasteiger partial charge in [0.1, 0.15) is 5.82 Å². The van der Waals surface area contributed by atoms with Crippen molar-refractivity contribution in [3.63, 3.8) is 0 Å². The van der Waals surface area contributed by atoms with Crippen molar-refractivity contribution in [3.8, 4) is 23.0 Å². The number of nitrogens with two attached hydrogens (primary N) is 1. The van der Waals surface area contributed by atoms with Crippen LogP contribution < -0.4 is 10.5 Å². The third-order valence-electron chi connectivity index (χ3n) is 6.06. The van der Waals surface area contributed by atoms with Gasteiger partial charge in [-0.25, -0.2) is 24.1 Å². The van der Waals surface area contributed by atoms with Crippen LogP contribution in [0.15, 0.2) is 61.4 Å². The number of likely N-dealkylation sites (tertiary alicyclic amines) is 1. The van der Waals surface area contributed by atoms with E-state index in [1.165, 1.54) is 36.5 Å². The van der Waals surface area contributed by atoms with Gasteiger partial charge < -0.3 is 20.5 Å². The average molecular weight is 488 g/mol. The van der Waals surface area contributed by atoms with Crippen molar-refractivity contribution in [1.29, 1.82) is 0 Å². The van der Waals surface area contributed by atoms with E-state index in [0.29, 0.717) is 24.5 Å². The molecular weight excluding hydrogens is 467 g/mol. The zero-order chi connectivity index (χ0) is 25.4. The minimum atomic E-state index is -1.15. The molecule has 4 aromatic rings. The van der Waals surface area contributed by atoms with Crippen LogP contribution in [0.25, 0.3) is 16.9 Å². The molecule has 0 radical (unpaired) electrons. The third kappa shape index (κ3) is 4.11. The van der Waals surface area contributed by atoms with E-state index in [-0.39, 0.29) is 35.0 Å². The fourth-order valence-corrected chi connectivity index (χ4v) is 4.32. The largest absolute Gasteiger partial charge is 0.478 e. The molecule has 36 heavy (non-hydrogen) atoms. The van der Waals surface area contributed by atoms with E-state index in [4.69, 9.17) is 20.6 Å². The summed E-state index contributed by atoms with van der Waals surface area (Å²) in [6, 6.07) is 8.59. The first-order valence-corrected chi connectivity index (χ1v) is 11.1. The number of carboxylic acids is 1. The normalized spacial score (nSPS) is 15.2. The van der Waals surface area contributed by atoms with Crippen LogP contribution in [0.5, 0.6) is 11.6 Å². The number of aromatic nitrogens is 4. The minimum Gasteiger partial charge on any atom is -0.478 e. The van der Waals surface area contributed by atoms with Gasteiger partial charge in [0, 0.05) is 43.0 Å². The Balaban J connectivity index is 1.50. The van der Waals surface area contributed by atoms with Gasteiger partial charge in [-0.2, -0.15) is 0 Å². The highest BCUT2D eigenvalue weighted by atomic mass is 19.1. The molecule has 1 saturated heterocycles. The second kappa shape index (κ2) is 9.10. The van der Waals surface area contributed by atoms with Gasteiger partial charge in [0.05, 0.1) is 16.8 Å². The predicted molar refractivity (Wildman–Crippen MR) is 128 cm³/mol. The van der Waals surface area contributed by atoms with E-state index in [9.17, 15) is 9.59 Å². The summed E-state index contributed by atoms with van der Waals surface area (Å²) in [7, 11) is 0. The van der Waals surface area contributed by atoms with Gasteiger partial charge in [0.25, 0.3) is 0 Å². The first-order valence-electron chi connectivity index (χ1n) is 11.1. The number of nitrogen functional groups attached to an aromatic ring is 1. The van der Waals surface area contributed by atoms with Crippen LogP contribution in [-0.4, -0.2) is 54.3 Å². The number of aromatic carboxylic acids is 1. The van der Waals surface area contributed by atoms with Crippen molar-refractivity contribution in [2.24, 2.45) is 0 Å². The number of hydrogen-bond acceptors (Lipinski definition) is 7. The zero-order valence-electron chi connectivity index (χ0n) is 19.0. The van der Waals surface area contributed by atoms with E-state index >= 15 is 4.39 Å². The Morgan fingerprint density at radius 2 is 2.00 bits per heavy atom. The van der Waals surface area contributed by atoms with Gasteiger partial charge in [0.2, 0.25) is 17.7 Å². The minimum absolute atomic E-state index is 0.0283. The smallest absolute Gasteiger partial charge is 0.335 e. The summed E-state index contributed by atoms with van der Waals surface area (Å²) in [6.07, 6.45) is 4.86. The van der Waals surface area contributed by atoms with Crippen LogP contribution in [0, 0.1) is 5.82 Å². The van der Waals surface area contributed by atoms with Crippen LogP contribution in [0.1, 0.15) is 28.4 Å². The number of carbonyl (C=O) groups is 2. The summed E-state index contributed by atoms with van der Waals surface area (Å²) >= 11 is 0. The van der Waals surface area contributed by atoms with Gasteiger partial charge in [-0.3, -0.25) is 9.20 Å². The van der Waals surface area contributed by atoms with Gasteiger partial charge in [-0.1, -0.05) is 6.58 Å². The molecule has 1 aromatic carbocycles. The number of carboxylic acid groups (broad SMARTS) is 1. The highest BCUT2D eigenvalue weighted by Crippen LogP contribution is 2.35. The zero-order valence-corrected chi connectivity index (χ0v) is 19.0. The lowest BCUT2D eigenvalue weighted by molar-refractivity contribution is -0.125. The quantitative estimate of drug-likeness (QED) is 0.394. The number of fused-ring (bicyclic) bond motifs is 1. The number of ether oxygens (including phenoxy) is 1. The number of imidazole rings is 1. The van der Waals surface area contributed by atoms with Crippen LogP contribution in [0.4, 0.5) is 10.3 Å². The Morgan fingerprint density at radius 3 is 2.75 bits per heavy atom. The highest BCUT2D eigenvalue weighted by Gasteiger charge is 2.30. The topological polar surface area (TPSA) is 136 Å².